The summed E-state index contributed by atoms with van der Waals surface area (Å²) in [4.78, 5) is 36.2. The lowest BCUT2D eigenvalue weighted by Crippen LogP contribution is -2.32. The number of nitrogens with one attached hydrogen (secondary N) is 3. The molecule has 0 bridgehead atoms. The van der Waals surface area contributed by atoms with Crippen LogP contribution < -0.4 is 31.7 Å². The minimum Gasteiger partial charge on any atom is -0.488 e. The fourth-order valence-electron chi connectivity index (χ4n) is 3.42. The van der Waals surface area contributed by atoms with Crippen LogP contribution in [0.5, 0.6) is 11.5 Å². The molecule has 5 N–H and O–H groups in total. The average molecular weight is 499 g/mol. The van der Waals surface area contributed by atoms with Gasteiger partial charge in [0.2, 0.25) is 5.75 Å². The molecule has 37 heavy (non-hydrogen) atoms. The van der Waals surface area contributed by atoms with Gasteiger partial charge in [-0.2, -0.15) is 4.89 Å². The summed E-state index contributed by atoms with van der Waals surface area (Å²) < 4.78 is 5.88. The topological polar surface area (TPSA) is 124 Å². The summed E-state index contributed by atoms with van der Waals surface area (Å²) in [5.74, 6) is 4.76. The molecule has 0 aliphatic heterocycles. The molecule has 2 amide bonds. The second kappa shape index (κ2) is 12.7. The van der Waals surface area contributed by atoms with E-state index in [9.17, 15) is 9.59 Å². The van der Waals surface area contributed by atoms with Gasteiger partial charge in [-0.05, 0) is 35.4 Å². The van der Waals surface area contributed by atoms with Gasteiger partial charge >= 0.3 is 0 Å². The summed E-state index contributed by atoms with van der Waals surface area (Å²) in [6.45, 7) is 0.447. The van der Waals surface area contributed by atoms with Crippen LogP contribution in [-0.4, -0.2) is 11.8 Å². The molecule has 0 saturated heterocycles. The second-order valence-corrected chi connectivity index (χ2v) is 7.84. The Morgan fingerprint density at radius 2 is 1.30 bits per heavy atom. The lowest BCUT2D eigenvalue weighted by molar-refractivity contribution is -0.217. The quantitative estimate of drug-likeness (QED) is 0.106. The molecule has 9 heteroatoms. The standard InChI is InChI=1S/C28H26N4O5/c29-30-27(33)23-15-9-16-24(26(23)37-36-19-21-12-5-2-6-13-21)31-32-28(34)22-14-7-8-17-25(22)35-18-20-10-3-1-4-11-20/h1-17,31H,18-19,29H2,(H,30,33)(H,32,34). The van der Waals surface area contributed by atoms with E-state index in [0.717, 1.165) is 11.1 Å². The monoisotopic (exact) mass is 498 g/mol. The van der Waals surface area contributed by atoms with Gasteiger partial charge in [0.05, 0.1) is 11.1 Å². The maximum absolute atomic E-state index is 13.0. The number of benzene rings is 4. The molecule has 188 valence electrons. The van der Waals surface area contributed by atoms with Crippen molar-refractivity contribution in [3.8, 4) is 11.5 Å². The normalized spacial score (nSPS) is 10.3. The highest BCUT2D eigenvalue weighted by atomic mass is 17.2. The Bertz CT molecular complexity index is 1330. The Kier molecular flexibility index (Phi) is 8.68. The first-order chi connectivity index (χ1) is 18.2. The minimum absolute atomic E-state index is 0.0512. The van der Waals surface area contributed by atoms with E-state index < -0.39 is 11.8 Å². The number of para-hydroxylation sites is 2. The molecule has 0 aromatic heterocycles. The highest BCUT2D eigenvalue weighted by Crippen LogP contribution is 2.29. The van der Waals surface area contributed by atoms with Crippen LogP contribution in [0.15, 0.2) is 103 Å². The Morgan fingerprint density at radius 1 is 0.676 bits per heavy atom. The fraction of sp³-hybridized carbons (Fsp3) is 0.0714. The zero-order chi connectivity index (χ0) is 25.9. The average Bonchev–Trinajstić information content (AvgIpc) is 2.96. The fourth-order valence-corrected chi connectivity index (χ4v) is 3.42. The van der Waals surface area contributed by atoms with Crippen molar-refractivity contribution < 1.29 is 24.1 Å². The highest BCUT2D eigenvalue weighted by molar-refractivity contribution is 6.00. The Morgan fingerprint density at radius 3 is 2.00 bits per heavy atom. The Labute approximate surface area is 214 Å². The van der Waals surface area contributed by atoms with E-state index in [4.69, 9.17) is 20.4 Å². The van der Waals surface area contributed by atoms with Gasteiger partial charge in [0.25, 0.3) is 11.8 Å². The smallest absolute Gasteiger partial charge is 0.273 e. The molecule has 4 aromatic rings. The molecule has 0 aliphatic carbocycles. The van der Waals surface area contributed by atoms with E-state index in [2.05, 4.69) is 16.3 Å². The number of hydrogen-bond acceptors (Lipinski definition) is 7. The van der Waals surface area contributed by atoms with E-state index in [1.165, 1.54) is 6.07 Å². The Hall–Kier alpha value is -4.86. The number of carbonyl (C=O) groups is 2. The number of nitrogen functional groups attached to an aromatic ring is 1. The van der Waals surface area contributed by atoms with Crippen molar-refractivity contribution in [3.05, 3.63) is 125 Å². The third-order valence-corrected chi connectivity index (χ3v) is 5.28. The van der Waals surface area contributed by atoms with Crippen molar-refractivity contribution >= 4 is 17.5 Å². The summed E-state index contributed by atoms with van der Waals surface area (Å²) in [6.07, 6.45) is 0. The number of carbonyl (C=O) groups excluding carboxylic acids is 2. The number of anilines is 1. The minimum atomic E-state index is -0.590. The number of nitrogens with two attached hydrogens (primary N) is 1. The summed E-state index contributed by atoms with van der Waals surface area (Å²) in [6, 6.07) is 30.7. The zero-order valence-corrected chi connectivity index (χ0v) is 19.8. The van der Waals surface area contributed by atoms with Crippen LogP contribution >= 0.6 is 0 Å². The van der Waals surface area contributed by atoms with Gasteiger partial charge in [-0.3, -0.25) is 25.9 Å². The van der Waals surface area contributed by atoms with Crippen LogP contribution in [0.2, 0.25) is 0 Å². The molecule has 0 unspecified atom stereocenters. The third kappa shape index (κ3) is 6.85. The predicted molar refractivity (Wildman–Crippen MR) is 138 cm³/mol. The van der Waals surface area contributed by atoms with Gasteiger partial charge in [-0.15, -0.1) is 0 Å². The van der Waals surface area contributed by atoms with Crippen LogP contribution in [0.3, 0.4) is 0 Å². The number of hydrazine groups is 2. The molecule has 0 radical (unpaired) electrons. The van der Waals surface area contributed by atoms with Gasteiger partial charge in [-0.1, -0.05) is 78.9 Å². The second-order valence-electron chi connectivity index (χ2n) is 7.84. The van der Waals surface area contributed by atoms with Gasteiger partial charge in [0, 0.05) is 0 Å². The van der Waals surface area contributed by atoms with E-state index in [1.54, 1.807) is 36.4 Å². The van der Waals surface area contributed by atoms with Crippen LogP contribution in [0, 0.1) is 0 Å². The first-order valence-corrected chi connectivity index (χ1v) is 11.4. The van der Waals surface area contributed by atoms with Gasteiger partial charge in [0.15, 0.2) is 0 Å². The lowest BCUT2D eigenvalue weighted by Gasteiger charge is -2.16. The molecule has 0 heterocycles. The van der Waals surface area contributed by atoms with E-state index >= 15 is 0 Å². The summed E-state index contributed by atoms with van der Waals surface area (Å²) in [5.41, 5.74) is 10.1. The SMILES string of the molecule is NNC(=O)c1cccc(NNC(=O)c2ccccc2OCc2ccccc2)c1OOCc1ccccc1. The van der Waals surface area contributed by atoms with Crippen molar-refractivity contribution in [1.82, 2.24) is 10.9 Å². The van der Waals surface area contributed by atoms with Crippen molar-refractivity contribution in [2.45, 2.75) is 13.2 Å². The number of amides is 2. The third-order valence-electron chi connectivity index (χ3n) is 5.28. The molecular formula is C28H26N4O5. The molecule has 4 rings (SSSR count). The molecule has 0 atom stereocenters. The van der Waals surface area contributed by atoms with E-state index in [0.29, 0.717) is 17.9 Å². The van der Waals surface area contributed by atoms with Gasteiger partial charge in [0.1, 0.15) is 24.7 Å². The van der Waals surface area contributed by atoms with Gasteiger partial charge < -0.3 is 9.62 Å². The molecule has 0 saturated carbocycles. The summed E-state index contributed by atoms with van der Waals surface area (Å²) in [7, 11) is 0. The van der Waals surface area contributed by atoms with Crippen molar-refractivity contribution in [1.29, 1.82) is 0 Å². The largest absolute Gasteiger partial charge is 0.488 e. The number of hydrogen-bond donors (Lipinski definition) is 4. The van der Waals surface area contributed by atoms with Crippen LogP contribution in [-0.2, 0) is 18.1 Å². The number of ether oxygens (including phenoxy) is 1. The molecule has 0 spiro atoms. The highest BCUT2D eigenvalue weighted by Gasteiger charge is 2.19. The van der Waals surface area contributed by atoms with Crippen LogP contribution in [0.1, 0.15) is 31.8 Å². The van der Waals surface area contributed by atoms with Crippen molar-refractivity contribution in [2.24, 2.45) is 5.84 Å². The summed E-state index contributed by atoms with van der Waals surface area (Å²) in [5, 5.41) is 0. The van der Waals surface area contributed by atoms with Crippen molar-refractivity contribution in [3.63, 3.8) is 0 Å². The van der Waals surface area contributed by atoms with Crippen LogP contribution in [0.25, 0.3) is 0 Å². The van der Waals surface area contributed by atoms with E-state index in [-0.39, 0.29) is 23.6 Å². The first kappa shape index (κ1) is 25.2. The Balaban J connectivity index is 1.46. The van der Waals surface area contributed by atoms with E-state index in [1.807, 2.05) is 60.7 Å². The summed E-state index contributed by atoms with van der Waals surface area (Å²) >= 11 is 0. The molecular weight excluding hydrogens is 472 g/mol. The van der Waals surface area contributed by atoms with Crippen LogP contribution in [0.4, 0.5) is 5.69 Å². The first-order valence-electron chi connectivity index (χ1n) is 11.4. The number of rotatable bonds is 11. The molecule has 0 fully saturated rings. The molecule has 4 aromatic carbocycles. The predicted octanol–water partition coefficient (Wildman–Crippen LogP) is 4.14. The molecule has 0 aliphatic rings. The zero-order valence-electron chi connectivity index (χ0n) is 19.8. The van der Waals surface area contributed by atoms with Crippen molar-refractivity contribution in [2.75, 3.05) is 5.43 Å². The maximum atomic E-state index is 13.0. The molecule has 9 nitrogen and oxygen atoms in total. The maximum Gasteiger partial charge on any atom is 0.273 e. The lowest BCUT2D eigenvalue weighted by atomic mass is 10.1. The van der Waals surface area contributed by atoms with Gasteiger partial charge in [-0.25, -0.2) is 5.84 Å².